The number of carbonyl (C=O) groups excluding carboxylic acids is 1. The minimum Gasteiger partial charge on any atom is -0.496 e. The fourth-order valence-electron chi connectivity index (χ4n) is 3.56. The van der Waals surface area contributed by atoms with Crippen molar-refractivity contribution in [2.75, 3.05) is 18.1 Å². The van der Waals surface area contributed by atoms with Crippen molar-refractivity contribution in [2.45, 2.75) is 39.3 Å². The summed E-state index contributed by atoms with van der Waals surface area (Å²) in [5, 5.41) is 0. The average Bonchev–Trinajstić information content (AvgIpc) is 2.80. The van der Waals surface area contributed by atoms with Gasteiger partial charge >= 0.3 is 0 Å². The molecule has 1 N–H and O–H groups in total. The minimum atomic E-state index is -3.56. The number of Topliss-reactive ketones (excluding diaryl/α,β-unsaturated/α-hetero) is 1. The molecule has 0 atom stereocenters. The highest BCUT2D eigenvalue weighted by atomic mass is 32.2. The number of ketones is 1. The lowest BCUT2D eigenvalue weighted by atomic mass is 9.82. The molecular formula is C27H31NO4S. The number of allylic oxidation sites excluding steroid dienone is 4. The lowest BCUT2D eigenvalue weighted by Crippen LogP contribution is -2.15. The lowest BCUT2D eigenvalue weighted by Gasteiger charge is -2.25. The van der Waals surface area contributed by atoms with Crippen molar-refractivity contribution in [1.29, 1.82) is 0 Å². The molecule has 0 aromatic heterocycles. The van der Waals surface area contributed by atoms with Gasteiger partial charge in [0.05, 0.1) is 13.4 Å². The van der Waals surface area contributed by atoms with E-state index in [0.29, 0.717) is 16.8 Å². The van der Waals surface area contributed by atoms with Crippen LogP contribution in [-0.2, 0) is 20.2 Å². The summed E-state index contributed by atoms with van der Waals surface area (Å²) < 4.78 is 105. The normalized spacial score (nSPS) is 19.7. The SMILES string of the molecule is [2H]C([2H])([2H])C(c1cc(C2=CC=CCC2=O)cc(/C=C/c2ccc(NS(C)(=O)=O)cc2C)c1OC)(C([2H])([2H])[2H])C([2H])([2H])[2H]. The maximum Gasteiger partial charge on any atom is 0.229 e. The zero-order valence-electron chi connectivity index (χ0n) is 27.5. The number of carbonyl (C=O) groups is 1. The molecule has 0 bridgehead atoms. The number of ether oxygens (including phenoxy) is 1. The highest BCUT2D eigenvalue weighted by molar-refractivity contribution is 7.92. The Kier molecular flexibility index (Phi) is 4.25. The Hall–Kier alpha value is -3.12. The second kappa shape index (κ2) is 9.40. The summed E-state index contributed by atoms with van der Waals surface area (Å²) in [6.45, 7) is -8.94. The summed E-state index contributed by atoms with van der Waals surface area (Å²) in [5.41, 5.74) is -1.95. The van der Waals surface area contributed by atoms with Crippen LogP contribution in [-0.4, -0.2) is 27.6 Å². The van der Waals surface area contributed by atoms with Crippen LogP contribution in [0.1, 0.15) is 67.1 Å². The fraction of sp³-hybridized carbons (Fsp3) is 0.296. The summed E-state index contributed by atoms with van der Waals surface area (Å²) in [7, 11) is -2.34. The van der Waals surface area contributed by atoms with Gasteiger partial charge in [-0.3, -0.25) is 9.52 Å². The first-order valence-corrected chi connectivity index (χ1v) is 11.9. The van der Waals surface area contributed by atoms with E-state index in [9.17, 15) is 13.2 Å². The molecule has 0 saturated heterocycles. The van der Waals surface area contributed by atoms with E-state index in [0.717, 1.165) is 12.3 Å². The molecule has 0 fully saturated rings. The summed E-state index contributed by atoms with van der Waals surface area (Å²) in [5.74, 6) is -0.610. The Bertz CT molecular complexity index is 1550. The molecular weight excluding hydrogens is 434 g/mol. The molecule has 0 radical (unpaired) electrons. The highest BCUT2D eigenvalue weighted by Gasteiger charge is 2.24. The number of sulfonamides is 1. The first kappa shape index (κ1) is 14.9. The predicted octanol–water partition coefficient (Wildman–Crippen LogP) is 5.76. The highest BCUT2D eigenvalue weighted by Crippen LogP contribution is 2.38. The Morgan fingerprint density at radius 2 is 1.85 bits per heavy atom. The first-order chi connectivity index (χ1) is 19.1. The van der Waals surface area contributed by atoms with Crippen molar-refractivity contribution in [3.8, 4) is 5.75 Å². The van der Waals surface area contributed by atoms with Gasteiger partial charge < -0.3 is 4.74 Å². The topological polar surface area (TPSA) is 72.5 Å². The molecule has 0 heterocycles. The number of hydrogen-bond acceptors (Lipinski definition) is 4. The molecule has 0 aliphatic heterocycles. The van der Waals surface area contributed by atoms with Crippen LogP contribution in [0.5, 0.6) is 5.75 Å². The van der Waals surface area contributed by atoms with Gasteiger partial charge in [0.25, 0.3) is 0 Å². The van der Waals surface area contributed by atoms with E-state index in [1.165, 1.54) is 31.4 Å². The zero-order chi connectivity index (χ0) is 31.9. The Morgan fingerprint density at radius 3 is 2.45 bits per heavy atom. The van der Waals surface area contributed by atoms with E-state index in [1.807, 2.05) is 0 Å². The van der Waals surface area contributed by atoms with Crippen LogP contribution < -0.4 is 9.46 Å². The van der Waals surface area contributed by atoms with Crippen LogP contribution in [0.15, 0.2) is 48.6 Å². The quantitative estimate of drug-likeness (QED) is 0.541. The Labute approximate surface area is 209 Å². The fourth-order valence-corrected chi connectivity index (χ4v) is 4.11. The summed E-state index contributed by atoms with van der Waals surface area (Å²) >= 11 is 0. The van der Waals surface area contributed by atoms with E-state index in [-0.39, 0.29) is 34.7 Å². The van der Waals surface area contributed by atoms with Crippen LogP contribution in [0.4, 0.5) is 5.69 Å². The molecule has 2 aromatic rings. The molecule has 5 nitrogen and oxygen atoms in total. The molecule has 0 amide bonds. The van der Waals surface area contributed by atoms with Crippen LogP contribution >= 0.6 is 0 Å². The van der Waals surface area contributed by atoms with Gasteiger partial charge in [-0.1, -0.05) is 57.0 Å². The molecule has 33 heavy (non-hydrogen) atoms. The van der Waals surface area contributed by atoms with Crippen molar-refractivity contribution >= 4 is 39.2 Å². The van der Waals surface area contributed by atoms with Gasteiger partial charge in [0.2, 0.25) is 10.0 Å². The van der Waals surface area contributed by atoms with E-state index in [1.54, 1.807) is 37.3 Å². The Balaban J connectivity index is 2.40. The largest absolute Gasteiger partial charge is 0.496 e. The van der Waals surface area contributed by atoms with Crippen LogP contribution in [0.2, 0.25) is 0 Å². The average molecular weight is 475 g/mol. The Morgan fingerprint density at radius 1 is 1.12 bits per heavy atom. The molecule has 1 aliphatic rings. The first-order valence-electron chi connectivity index (χ1n) is 14.5. The predicted molar refractivity (Wildman–Crippen MR) is 137 cm³/mol. The summed E-state index contributed by atoms with van der Waals surface area (Å²) in [4.78, 5) is 12.8. The minimum absolute atomic E-state index is 0.0500. The molecule has 0 saturated carbocycles. The molecule has 2 aromatic carbocycles. The zero-order valence-corrected chi connectivity index (χ0v) is 19.3. The van der Waals surface area contributed by atoms with Crippen molar-refractivity contribution in [3.05, 3.63) is 76.4 Å². The monoisotopic (exact) mass is 474 g/mol. The van der Waals surface area contributed by atoms with Crippen molar-refractivity contribution in [2.24, 2.45) is 0 Å². The van der Waals surface area contributed by atoms with Crippen molar-refractivity contribution < 1.29 is 30.3 Å². The maximum absolute atomic E-state index is 12.8. The van der Waals surface area contributed by atoms with Crippen LogP contribution in [0, 0.1) is 6.92 Å². The lowest BCUT2D eigenvalue weighted by molar-refractivity contribution is -0.113. The molecule has 0 spiro atoms. The summed E-state index contributed by atoms with van der Waals surface area (Å²) in [6.07, 6.45) is 8.90. The third kappa shape index (κ3) is 6.02. The smallest absolute Gasteiger partial charge is 0.229 e. The van der Waals surface area contributed by atoms with E-state index < -0.39 is 41.6 Å². The third-order valence-electron chi connectivity index (χ3n) is 5.05. The number of aryl methyl sites for hydroxylation is 1. The van der Waals surface area contributed by atoms with Crippen LogP contribution in [0.3, 0.4) is 0 Å². The van der Waals surface area contributed by atoms with Crippen molar-refractivity contribution in [3.63, 3.8) is 0 Å². The number of rotatable bonds is 6. The van der Waals surface area contributed by atoms with E-state index >= 15 is 0 Å². The van der Waals surface area contributed by atoms with Gasteiger partial charge in [-0.25, -0.2) is 8.42 Å². The molecule has 1 aliphatic carbocycles. The van der Waals surface area contributed by atoms with Crippen molar-refractivity contribution in [1.82, 2.24) is 0 Å². The third-order valence-corrected chi connectivity index (χ3v) is 5.66. The maximum atomic E-state index is 12.8. The van der Waals surface area contributed by atoms with Gasteiger partial charge in [0.15, 0.2) is 5.78 Å². The number of methoxy groups -OCH3 is 1. The second-order valence-electron chi connectivity index (χ2n) is 7.81. The molecule has 3 rings (SSSR count). The molecule has 6 heteroatoms. The van der Waals surface area contributed by atoms with Crippen LogP contribution in [0.25, 0.3) is 17.7 Å². The summed E-state index contributed by atoms with van der Waals surface area (Å²) in [6, 6.07) is 7.38. The molecule has 174 valence electrons. The molecule has 0 unspecified atom stereocenters. The standard InChI is InChI=1S/C27H31NO4S/c1-18-15-22(28-33(6,30)31)14-13-19(18)11-12-20-16-21(23-9-7-8-10-25(23)29)17-24(26(20)32-5)27(2,3)4/h7-9,11-17,28H,10H2,1-6H3/b12-11+/i2D3,3D3,4D3. The van der Waals surface area contributed by atoms with E-state index in [4.69, 9.17) is 17.1 Å². The van der Waals surface area contributed by atoms with Gasteiger partial charge in [-0.05, 0) is 53.3 Å². The number of anilines is 1. The van der Waals surface area contributed by atoms with E-state index in [2.05, 4.69) is 4.72 Å². The van der Waals surface area contributed by atoms with Gasteiger partial charge in [0, 0.05) is 41.1 Å². The number of hydrogen-bond donors (Lipinski definition) is 1. The number of benzene rings is 2. The second-order valence-corrected chi connectivity index (χ2v) is 9.56. The van der Waals surface area contributed by atoms with Gasteiger partial charge in [-0.2, -0.15) is 0 Å². The number of nitrogens with one attached hydrogen (secondary N) is 1. The van der Waals surface area contributed by atoms with Gasteiger partial charge in [0.1, 0.15) is 5.75 Å². The van der Waals surface area contributed by atoms with Gasteiger partial charge in [-0.15, -0.1) is 0 Å².